The first-order valence-corrected chi connectivity index (χ1v) is 7.73. The average molecular weight is 294 g/mol. The number of rotatable bonds is 8. The van der Waals surface area contributed by atoms with Crippen molar-refractivity contribution in [3.05, 3.63) is 23.0 Å². The van der Waals surface area contributed by atoms with E-state index in [1.54, 1.807) is 7.11 Å². The van der Waals surface area contributed by atoms with Crippen LogP contribution in [0.15, 0.2) is 6.20 Å². The summed E-state index contributed by atoms with van der Waals surface area (Å²) in [6.07, 6.45) is 3.66. The molecule has 120 valence electrons. The largest absolute Gasteiger partial charge is 0.496 e. The number of aromatic nitrogens is 1. The SMILES string of the molecule is CCOC(C)(CC)C(Cc1ncc(C)c(OC)c1C)NC. The molecule has 0 aliphatic heterocycles. The summed E-state index contributed by atoms with van der Waals surface area (Å²) in [7, 11) is 3.70. The molecule has 4 heteroatoms. The molecule has 2 atom stereocenters. The fourth-order valence-electron chi connectivity index (χ4n) is 2.87. The maximum Gasteiger partial charge on any atom is 0.128 e. The lowest BCUT2D eigenvalue weighted by Gasteiger charge is -2.37. The van der Waals surface area contributed by atoms with Gasteiger partial charge in [-0.1, -0.05) is 6.92 Å². The van der Waals surface area contributed by atoms with Crippen LogP contribution < -0.4 is 10.1 Å². The van der Waals surface area contributed by atoms with Crippen molar-refractivity contribution >= 4 is 0 Å². The highest BCUT2D eigenvalue weighted by Gasteiger charge is 2.33. The lowest BCUT2D eigenvalue weighted by molar-refractivity contribution is -0.0536. The fraction of sp³-hybridized carbons (Fsp3) is 0.706. The zero-order valence-corrected chi connectivity index (χ0v) is 14.5. The van der Waals surface area contributed by atoms with Gasteiger partial charge in [0.15, 0.2) is 0 Å². The highest BCUT2D eigenvalue weighted by atomic mass is 16.5. The van der Waals surface area contributed by atoms with Crippen LogP contribution in [0.25, 0.3) is 0 Å². The quantitative estimate of drug-likeness (QED) is 0.800. The summed E-state index contributed by atoms with van der Waals surface area (Å²) in [5.74, 6) is 0.935. The molecule has 0 spiro atoms. The van der Waals surface area contributed by atoms with Crippen molar-refractivity contribution < 1.29 is 9.47 Å². The first-order valence-electron chi connectivity index (χ1n) is 7.73. The molecule has 1 rings (SSSR count). The summed E-state index contributed by atoms with van der Waals surface area (Å²) >= 11 is 0. The summed E-state index contributed by atoms with van der Waals surface area (Å²) in [5, 5.41) is 3.40. The molecule has 0 aliphatic carbocycles. The summed E-state index contributed by atoms with van der Waals surface area (Å²) in [6.45, 7) is 11.2. The van der Waals surface area contributed by atoms with E-state index in [-0.39, 0.29) is 11.6 Å². The van der Waals surface area contributed by atoms with E-state index < -0.39 is 0 Å². The molecule has 0 amide bonds. The zero-order valence-electron chi connectivity index (χ0n) is 14.5. The number of nitrogens with one attached hydrogen (secondary N) is 1. The lowest BCUT2D eigenvalue weighted by atomic mass is 9.88. The number of nitrogens with zero attached hydrogens (tertiary/aromatic N) is 1. The molecule has 1 N–H and O–H groups in total. The van der Waals surface area contributed by atoms with Gasteiger partial charge in [-0.25, -0.2) is 0 Å². The van der Waals surface area contributed by atoms with Crippen molar-refractivity contribution in [1.29, 1.82) is 0 Å². The second kappa shape index (κ2) is 7.76. The first-order chi connectivity index (χ1) is 9.93. The second-order valence-electron chi connectivity index (χ2n) is 5.69. The van der Waals surface area contributed by atoms with Crippen LogP contribution in [0.5, 0.6) is 5.75 Å². The number of pyridine rings is 1. The number of likely N-dealkylation sites (N-methyl/N-ethyl adjacent to an activating group) is 1. The number of hydrogen-bond donors (Lipinski definition) is 1. The first kappa shape index (κ1) is 17.9. The standard InChI is InChI=1S/C17H30N2O2/c1-8-17(5,21-9-2)15(18-6)10-14-13(4)16(20-7)12(3)11-19-14/h11,15,18H,8-10H2,1-7H3. The van der Waals surface area contributed by atoms with Crippen LogP contribution in [0.1, 0.15) is 44.0 Å². The fourth-order valence-corrected chi connectivity index (χ4v) is 2.87. The molecule has 2 unspecified atom stereocenters. The van der Waals surface area contributed by atoms with Crippen molar-refractivity contribution in [2.45, 2.75) is 59.1 Å². The van der Waals surface area contributed by atoms with Gasteiger partial charge in [-0.15, -0.1) is 0 Å². The Morgan fingerprint density at radius 2 is 2.00 bits per heavy atom. The molecule has 0 bridgehead atoms. The molecular formula is C17H30N2O2. The van der Waals surface area contributed by atoms with E-state index >= 15 is 0 Å². The number of methoxy groups -OCH3 is 1. The number of aryl methyl sites for hydroxylation is 1. The molecule has 1 aromatic rings. The van der Waals surface area contributed by atoms with Crippen LogP contribution in [0, 0.1) is 13.8 Å². The molecule has 0 saturated heterocycles. The van der Waals surface area contributed by atoms with E-state index in [1.165, 1.54) is 0 Å². The van der Waals surface area contributed by atoms with Gasteiger partial charge in [0.1, 0.15) is 5.75 Å². The van der Waals surface area contributed by atoms with Crippen molar-refractivity contribution in [2.24, 2.45) is 0 Å². The van der Waals surface area contributed by atoms with Crippen LogP contribution in [0.3, 0.4) is 0 Å². The van der Waals surface area contributed by atoms with Gasteiger partial charge in [0.25, 0.3) is 0 Å². The molecule has 0 saturated carbocycles. The van der Waals surface area contributed by atoms with Gasteiger partial charge in [0.2, 0.25) is 0 Å². The Hall–Kier alpha value is -1.13. The van der Waals surface area contributed by atoms with Crippen LogP contribution in [-0.2, 0) is 11.2 Å². The minimum Gasteiger partial charge on any atom is -0.496 e. The average Bonchev–Trinajstić information content (AvgIpc) is 2.47. The predicted molar refractivity (Wildman–Crippen MR) is 87.1 cm³/mol. The summed E-state index contributed by atoms with van der Waals surface area (Å²) < 4.78 is 11.5. The van der Waals surface area contributed by atoms with E-state index in [0.29, 0.717) is 6.61 Å². The number of hydrogen-bond acceptors (Lipinski definition) is 4. The molecule has 4 nitrogen and oxygen atoms in total. The van der Waals surface area contributed by atoms with Gasteiger partial charge < -0.3 is 14.8 Å². The topological polar surface area (TPSA) is 43.4 Å². The molecule has 21 heavy (non-hydrogen) atoms. The van der Waals surface area contributed by atoms with Gasteiger partial charge in [-0.05, 0) is 41.2 Å². The smallest absolute Gasteiger partial charge is 0.128 e. The zero-order chi connectivity index (χ0) is 16.0. The maximum atomic E-state index is 6.00. The van der Waals surface area contributed by atoms with Crippen molar-refractivity contribution in [3.63, 3.8) is 0 Å². The van der Waals surface area contributed by atoms with Gasteiger partial charge in [0, 0.05) is 42.1 Å². The summed E-state index contributed by atoms with van der Waals surface area (Å²) in [5.41, 5.74) is 3.06. The van der Waals surface area contributed by atoms with Crippen molar-refractivity contribution in [1.82, 2.24) is 10.3 Å². The van der Waals surface area contributed by atoms with Gasteiger partial charge in [0.05, 0.1) is 12.7 Å². The van der Waals surface area contributed by atoms with E-state index in [4.69, 9.17) is 9.47 Å². The molecule has 0 aliphatic rings. The van der Waals surface area contributed by atoms with Crippen molar-refractivity contribution in [3.8, 4) is 5.75 Å². The van der Waals surface area contributed by atoms with Crippen LogP contribution in [0.4, 0.5) is 0 Å². The van der Waals surface area contributed by atoms with E-state index in [0.717, 1.165) is 35.4 Å². The van der Waals surface area contributed by atoms with Gasteiger partial charge in [-0.3, -0.25) is 4.98 Å². The summed E-state index contributed by atoms with van der Waals surface area (Å²) in [4.78, 5) is 4.61. The van der Waals surface area contributed by atoms with Crippen LogP contribution in [-0.4, -0.2) is 37.4 Å². The third-order valence-electron chi connectivity index (χ3n) is 4.41. The highest BCUT2D eigenvalue weighted by Crippen LogP contribution is 2.28. The molecule has 0 fully saturated rings. The van der Waals surface area contributed by atoms with E-state index in [1.807, 2.05) is 27.1 Å². The summed E-state index contributed by atoms with van der Waals surface area (Å²) in [6, 6.07) is 0.209. The Kier molecular flexibility index (Phi) is 6.62. The Labute approximate surface area is 129 Å². The third-order valence-corrected chi connectivity index (χ3v) is 4.41. The highest BCUT2D eigenvalue weighted by molar-refractivity contribution is 5.41. The van der Waals surface area contributed by atoms with E-state index in [9.17, 15) is 0 Å². The molecule has 1 heterocycles. The minimum atomic E-state index is -0.199. The Morgan fingerprint density at radius 3 is 2.48 bits per heavy atom. The number of ether oxygens (including phenoxy) is 2. The monoisotopic (exact) mass is 294 g/mol. The molecular weight excluding hydrogens is 264 g/mol. The van der Waals surface area contributed by atoms with Crippen molar-refractivity contribution in [2.75, 3.05) is 20.8 Å². The van der Waals surface area contributed by atoms with Gasteiger partial charge in [-0.2, -0.15) is 0 Å². The molecule has 0 radical (unpaired) electrons. The Bertz CT molecular complexity index is 462. The van der Waals surface area contributed by atoms with Gasteiger partial charge >= 0.3 is 0 Å². The normalized spacial score (nSPS) is 15.6. The second-order valence-corrected chi connectivity index (χ2v) is 5.69. The van der Waals surface area contributed by atoms with Crippen LogP contribution in [0.2, 0.25) is 0 Å². The molecule has 0 aromatic carbocycles. The maximum absolute atomic E-state index is 6.00. The van der Waals surface area contributed by atoms with Crippen LogP contribution >= 0.6 is 0 Å². The minimum absolute atomic E-state index is 0.199. The molecule has 1 aromatic heterocycles. The Morgan fingerprint density at radius 1 is 1.33 bits per heavy atom. The lowest BCUT2D eigenvalue weighted by Crippen LogP contribution is -2.50. The van der Waals surface area contributed by atoms with E-state index in [2.05, 4.69) is 31.1 Å². The third kappa shape index (κ3) is 3.95. The Balaban J connectivity index is 3.07. The predicted octanol–water partition coefficient (Wildman–Crippen LogP) is 3.04.